The van der Waals surface area contributed by atoms with Gasteiger partial charge in [0.25, 0.3) is 0 Å². The number of carbonyl (C=O) groups is 2. The molecule has 0 saturated carbocycles. The maximum absolute atomic E-state index is 12.0. The summed E-state index contributed by atoms with van der Waals surface area (Å²) < 4.78 is 0. The van der Waals surface area contributed by atoms with Crippen molar-refractivity contribution >= 4 is 23.5 Å². The smallest absolute Gasteiger partial charge is 0.338 e. The van der Waals surface area contributed by atoms with Crippen molar-refractivity contribution in [2.24, 2.45) is 39.8 Å². The fraction of sp³-hybridized carbons (Fsp3) is 0.808. The van der Waals surface area contributed by atoms with Gasteiger partial charge in [-0.25, -0.2) is 0 Å². The maximum atomic E-state index is 12.0. The maximum Gasteiger partial charge on any atom is 0.338 e. The van der Waals surface area contributed by atoms with Gasteiger partial charge in [-0.15, -0.1) is 0 Å². The van der Waals surface area contributed by atoms with Gasteiger partial charge in [-0.1, -0.05) is 62.8 Å². The third-order valence-electron chi connectivity index (χ3n) is 4.84. The number of carbonyl (C=O) groups excluding carboxylic acids is 2. The minimum Gasteiger partial charge on any atom is -0.370 e. The molecule has 0 rings (SSSR count). The van der Waals surface area contributed by atoms with Crippen molar-refractivity contribution in [3.05, 3.63) is 7.43 Å². The number of ketones is 2. The molecule has 10 heteroatoms. The molecule has 0 aliphatic carbocycles. The molecule has 216 valence electrons. The highest BCUT2D eigenvalue weighted by Crippen LogP contribution is 2.08. The van der Waals surface area contributed by atoms with Crippen molar-refractivity contribution < 1.29 is 14.6 Å². The summed E-state index contributed by atoms with van der Waals surface area (Å²) in [5, 5.41) is 6.59. The Morgan fingerprint density at radius 3 is 1.44 bits per heavy atom. The Kier molecular flexibility index (Phi) is 26.4. The highest BCUT2D eigenvalue weighted by Gasteiger charge is 2.22. The summed E-state index contributed by atoms with van der Waals surface area (Å²) in [6, 6.07) is 0.438. The molecule has 2 unspecified atom stereocenters. The number of nitrogens with two attached hydrogens (primary N) is 4. The Hall–Kier alpha value is -2.20. The molecule has 0 amide bonds. The van der Waals surface area contributed by atoms with Crippen LogP contribution in [0.1, 0.15) is 88.5 Å². The molecular formula is C26H60N8O2. The van der Waals surface area contributed by atoms with E-state index in [1.807, 2.05) is 55.4 Å². The predicted octanol–water partition coefficient (Wildman–Crippen LogP) is 0.430. The second kappa shape index (κ2) is 23.2. The van der Waals surface area contributed by atoms with E-state index in [4.69, 9.17) is 22.9 Å². The van der Waals surface area contributed by atoms with Crippen molar-refractivity contribution in [1.82, 2.24) is 10.6 Å². The number of Topliss-reactive ketones (excluding diaryl/α,β-unsaturated/α-hetero) is 2. The fourth-order valence-corrected chi connectivity index (χ4v) is 3.27. The molecule has 0 spiro atoms. The molecule has 10 nitrogen and oxygen atoms in total. The number of guanidine groups is 2. The summed E-state index contributed by atoms with van der Waals surface area (Å²) in [4.78, 5) is 30.7. The highest BCUT2D eigenvalue weighted by atomic mass is 16.1. The minimum atomic E-state index is -0.0933. The van der Waals surface area contributed by atoms with E-state index in [0.717, 1.165) is 25.7 Å². The summed E-state index contributed by atoms with van der Waals surface area (Å²) in [6.07, 6.45) is 3.24. The Balaban J connectivity index is -0.000000269. The summed E-state index contributed by atoms with van der Waals surface area (Å²) in [5.74, 6) is 0.966. The Labute approximate surface area is 221 Å². The van der Waals surface area contributed by atoms with Crippen molar-refractivity contribution in [1.29, 1.82) is 0 Å². The monoisotopic (exact) mass is 516 g/mol. The number of aliphatic imine (C=N–C) groups is 1. The van der Waals surface area contributed by atoms with E-state index < -0.39 is 0 Å². The van der Waals surface area contributed by atoms with E-state index in [9.17, 15) is 9.59 Å². The molecule has 11 N–H and O–H groups in total. The lowest BCUT2D eigenvalue weighted by Gasteiger charge is -2.21. The SMILES string of the molecule is C.CC(C)NC(CCCN=C(N)N)C(=O)C(C)C.CC(C)NC(CCC[NH+]=C(N)N)C(=O)C(C)C.[CH3-]. The van der Waals surface area contributed by atoms with Crippen LogP contribution in [0.2, 0.25) is 0 Å². The van der Waals surface area contributed by atoms with Gasteiger partial charge in [0.2, 0.25) is 0 Å². The van der Waals surface area contributed by atoms with Crippen molar-refractivity contribution in [2.75, 3.05) is 13.1 Å². The number of hydrogen-bond acceptors (Lipinski definition) is 5. The standard InChI is InChI=1S/2C12H26N4O.CH4.CH3/c2*1-8(2)11(17)10(16-9(3)4)6-5-7-15-12(13)14;;/h2*8-10,16H,5-7H2,1-4H3,(H4,13,14,15);1H4;1H3/q;;;-1/p+1. The van der Waals surface area contributed by atoms with E-state index in [1.165, 1.54) is 0 Å². The average molecular weight is 517 g/mol. The number of nitrogens with zero attached hydrogens (tertiary/aromatic N) is 1. The lowest BCUT2D eigenvalue weighted by molar-refractivity contribution is -0.459. The second-order valence-corrected chi connectivity index (χ2v) is 9.84. The van der Waals surface area contributed by atoms with Crippen LogP contribution in [0.5, 0.6) is 0 Å². The first kappa shape index (κ1) is 40.9. The Morgan fingerprint density at radius 2 is 1.14 bits per heavy atom. The molecular weight excluding hydrogens is 456 g/mol. The minimum absolute atomic E-state index is 0. The van der Waals surface area contributed by atoms with Gasteiger partial charge < -0.3 is 29.5 Å². The van der Waals surface area contributed by atoms with Crippen LogP contribution in [0.4, 0.5) is 0 Å². The van der Waals surface area contributed by atoms with Crippen LogP contribution in [0.3, 0.4) is 0 Å². The van der Waals surface area contributed by atoms with Crippen LogP contribution >= 0.6 is 0 Å². The first-order valence-corrected chi connectivity index (χ1v) is 12.5. The largest absolute Gasteiger partial charge is 0.370 e. The van der Waals surface area contributed by atoms with E-state index in [0.29, 0.717) is 25.2 Å². The van der Waals surface area contributed by atoms with Crippen LogP contribution < -0.4 is 38.6 Å². The van der Waals surface area contributed by atoms with Crippen molar-refractivity contribution in [3.8, 4) is 0 Å². The summed E-state index contributed by atoms with van der Waals surface area (Å²) in [6.45, 7) is 17.2. The van der Waals surface area contributed by atoms with E-state index >= 15 is 0 Å². The van der Waals surface area contributed by atoms with Crippen molar-refractivity contribution in [2.45, 2.75) is 113 Å². The van der Waals surface area contributed by atoms with Gasteiger partial charge in [0.1, 0.15) is 0 Å². The van der Waals surface area contributed by atoms with Crippen LogP contribution in [-0.4, -0.2) is 60.7 Å². The second-order valence-electron chi connectivity index (χ2n) is 9.84. The van der Waals surface area contributed by atoms with Crippen molar-refractivity contribution in [3.63, 3.8) is 0 Å². The Bertz CT molecular complexity index is 569. The van der Waals surface area contributed by atoms with Gasteiger partial charge in [-0.3, -0.25) is 31.0 Å². The number of rotatable bonds is 16. The molecule has 36 heavy (non-hydrogen) atoms. The molecule has 2 atom stereocenters. The zero-order valence-electron chi connectivity index (χ0n) is 23.8. The van der Waals surface area contributed by atoms with Crippen LogP contribution in [0.25, 0.3) is 0 Å². The first-order valence-electron chi connectivity index (χ1n) is 12.5. The summed E-state index contributed by atoms with van der Waals surface area (Å²) >= 11 is 0. The summed E-state index contributed by atoms with van der Waals surface area (Å²) in [5.41, 5.74) is 21.1. The van der Waals surface area contributed by atoms with Gasteiger partial charge in [-0.2, -0.15) is 0 Å². The van der Waals surface area contributed by atoms with Crippen LogP contribution in [0.15, 0.2) is 4.99 Å². The van der Waals surface area contributed by atoms with Gasteiger partial charge in [0.05, 0.1) is 18.6 Å². The molecule has 0 aromatic carbocycles. The third kappa shape index (κ3) is 23.5. The first-order chi connectivity index (χ1) is 15.7. The number of nitrogens with one attached hydrogen (secondary N) is 3. The lowest BCUT2D eigenvalue weighted by atomic mass is 9.97. The van der Waals surface area contributed by atoms with Gasteiger partial charge >= 0.3 is 5.96 Å². The average Bonchev–Trinajstić information content (AvgIpc) is 2.70. The quantitative estimate of drug-likeness (QED) is 0.0665. The highest BCUT2D eigenvalue weighted by molar-refractivity contribution is 5.86. The molecule has 0 aromatic rings. The van der Waals surface area contributed by atoms with E-state index in [2.05, 4.69) is 20.6 Å². The van der Waals surface area contributed by atoms with Gasteiger partial charge in [-0.05, 0) is 25.7 Å². The molecule has 0 bridgehead atoms. The van der Waals surface area contributed by atoms with Gasteiger partial charge in [0, 0.05) is 30.5 Å². The summed E-state index contributed by atoms with van der Waals surface area (Å²) in [7, 11) is 0. The van der Waals surface area contributed by atoms with Gasteiger partial charge in [0.15, 0.2) is 17.5 Å². The normalized spacial score (nSPS) is 12.1. The number of hydrogen-bond donors (Lipinski definition) is 7. The lowest BCUT2D eigenvalue weighted by Crippen LogP contribution is -2.78. The third-order valence-corrected chi connectivity index (χ3v) is 4.84. The molecule has 0 saturated heterocycles. The molecule has 0 fully saturated rings. The predicted molar refractivity (Wildman–Crippen MR) is 155 cm³/mol. The zero-order chi connectivity index (χ0) is 26.8. The topological polar surface area (TPSA) is 189 Å². The molecule has 0 heterocycles. The van der Waals surface area contributed by atoms with E-state index in [-0.39, 0.29) is 62.3 Å². The fourth-order valence-electron chi connectivity index (χ4n) is 3.27. The molecule has 0 aliphatic heterocycles. The van der Waals surface area contributed by atoms with Crippen LogP contribution in [0, 0.1) is 19.3 Å². The van der Waals surface area contributed by atoms with Crippen LogP contribution in [-0.2, 0) is 9.59 Å². The Morgan fingerprint density at radius 1 is 0.750 bits per heavy atom. The molecule has 0 aliphatic rings. The molecule has 0 radical (unpaired) electrons. The van der Waals surface area contributed by atoms with E-state index in [1.54, 1.807) is 0 Å². The zero-order valence-corrected chi connectivity index (χ0v) is 23.8. The molecule has 0 aromatic heterocycles.